The zero-order chi connectivity index (χ0) is 15.7. The van der Waals surface area contributed by atoms with Crippen LogP contribution in [0.25, 0.3) is 0 Å². The molecule has 0 aromatic carbocycles. The summed E-state index contributed by atoms with van der Waals surface area (Å²) < 4.78 is 41.6. The molecule has 0 radical (unpaired) electrons. The Bertz CT molecular complexity index is 367. The normalized spacial score (nSPS) is 46.5. The van der Waals surface area contributed by atoms with Gasteiger partial charge in [-0.2, -0.15) is 0 Å². The first-order valence-corrected chi connectivity index (χ1v) is 9.46. The molecule has 146 valence electrons. The zero-order valence-corrected chi connectivity index (χ0v) is 14.8. The van der Waals surface area contributed by atoms with Crippen LogP contribution in [0.1, 0.15) is 72.6 Å². The molecule has 3 rings (SSSR count). The summed E-state index contributed by atoms with van der Waals surface area (Å²) in [6.07, 6.45) is 5.57. The molecule has 3 aliphatic carbocycles. The molecule has 3 saturated carbocycles. The van der Waals surface area contributed by atoms with Gasteiger partial charge in [-0.15, -0.1) is 0 Å². The fourth-order valence-electron chi connectivity index (χ4n) is 5.38. The summed E-state index contributed by atoms with van der Waals surface area (Å²) in [5, 5.41) is 0. The van der Waals surface area contributed by atoms with Gasteiger partial charge in [0.2, 0.25) is 0 Å². The second-order valence-electron chi connectivity index (χ2n) is 8.38. The van der Waals surface area contributed by atoms with Crippen LogP contribution in [-0.4, -0.2) is 29.5 Å². The minimum absolute atomic E-state index is 0. The number of alkyl halides is 3. The minimum atomic E-state index is -1.36. The largest absolute Gasteiger partial charge is 0.412 e. The standard InChI is InChI=1S/C19H31F3.2H2O.H2/c1-12-2-4-13(5-3-12)14-6-8-16(18(21)10-14)15-7-9-17(20)19(22)11-15;;;/h12-19H,2-11H2,1H3;2*1H2;1H. The Labute approximate surface area is 145 Å². The van der Waals surface area contributed by atoms with Crippen molar-refractivity contribution in [2.75, 3.05) is 0 Å². The molecule has 0 aromatic heterocycles. The first-order chi connectivity index (χ1) is 10.5. The Balaban J connectivity index is 0.00000192. The van der Waals surface area contributed by atoms with Gasteiger partial charge >= 0.3 is 0 Å². The van der Waals surface area contributed by atoms with Crippen LogP contribution in [0.4, 0.5) is 13.2 Å². The number of hydrogen-bond acceptors (Lipinski definition) is 0. The predicted octanol–water partition coefficient (Wildman–Crippen LogP) is 4.64. The molecular weight excluding hydrogens is 317 g/mol. The molecular formula is C19H37F3O2. The Morgan fingerprint density at radius 1 is 0.583 bits per heavy atom. The highest BCUT2D eigenvalue weighted by molar-refractivity contribution is 4.91. The Hall–Kier alpha value is -0.290. The van der Waals surface area contributed by atoms with Crippen molar-refractivity contribution < 1.29 is 25.6 Å². The van der Waals surface area contributed by atoms with Gasteiger partial charge < -0.3 is 11.0 Å². The quantitative estimate of drug-likeness (QED) is 0.693. The van der Waals surface area contributed by atoms with Gasteiger partial charge in [0, 0.05) is 1.43 Å². The van der Waals surface area contributed by atoms with Gasteiger partial charge in [0.15, 0.2) is 0 Å². The Morgan fingerprint density at radius 3 is 1.71 bits per heavy atom. The van der Waals surface area contributed by atoms with Crippen molar-refractivity contribution in [1.29, 1.82) is 0 Å². The SMILES string of the molecule is CC1CCC(C2CCC(C3CCC(F)C(F)C3)C(F)C2)CC1.O.O.[HH]. The van der Waals surface area contributed by atoms with E-state index < -0.39 is 18.5 Å². The van der Waals surface area contributed by atoms with Gasteiger partial charge in [0.1, 0.15) is 18.5 Å². The number of rotatable bonds is 2. The molecule has 6 atom stereocenters. The van der Waals surface area contributed by atoms with Crippen molar-refractivity contribution in [3.63, 3.8) is 0 Å². The monoisotopic (exact) mass is 354 g/mol. The molecule has 2 nitrogen and oxygen atoms in total. The lowest BCUT2D eigenvalue weighted by atomic mass is 9.65. The summed E-state index contributed by atoms with van der Waals surface area (Å²) in [5.74, 6) is 2.16. The third-order valence-corrected chi connectivity index (χ3v) is 6.93. The molecule has 5 heteroatoms. The summed E-state index contributed by atoms with van der Waals surface area (Å²) in [6.45, 7) is 2.32. The molecule has 4 N–H and O–H groups in total. The van der Waals surface area contributed by atoms with E-state index in [0.29, 0.717) is 31.1 Å². The van der Waals surface area contributed by atoms with E-state index in [9.17, 15) is 13.2 Å². The van der Waals surface area contributed by atoms with Crippen LogP contribution in [-0.2, 0) is 0 Å². The first kappa shape index (κ1) is 21.8. The number of hydrogen-bond donors (Lipinski definition) is 0. The zero-order valence-electron chi connectivity index (χ0n) is 14.8. The van der Waals surface area contributed by atoms with Gasteiger partial charge in [0.25, 0.3) is 0 Å². The smallest absolute Gasteiger partial charge is 0.131 e. The molecule has 0 aliphatic heterocycles. The molecule has 24 heavy (non-hydrogen) atoms. The van der Waals surface area contributed by atoms with Gasteiger partial charge in [0.05, 0.1) is 0 Å². The second kappa shape index (κ2) is 9.42. The summed E-state index contributed by atoms with van der Waals surface area (Å²) in [6, 6.07) is 0. The third kappa shape index (κ3) is 4.87. The van der Waals surface area contributed by atoms with E-state index in [0.717, 1.165) is 18.8 Å². The van der Waals surface area contributed by atoms with Gasteiger partial charge in [-0.3, -0.25) is 0 Å². The van der Waals surface area contributed by atoms with Crippen molar-refractivity contribution in [3.8, 4) is 0 Å². The van der Waals surface area contributed by atoms with Crippen LogP contribution < -0.4 is 0 Å². The second-order valence-corrected chi connectivity index (χ2v) is 8.38. The molecule has 0 bridgehead atoms. The Kier molecular flexibility index (Phi) is 8.54. The molecule has 0 amide bonds. The lowest BCUT2D eigenvalue weighted by Gasteiger charge is -2.42. The van der Waals surface area contributed by atoms with E-state index in [1.807, 2.05) is 0 Å². The van der Waals surface area contributed by atoms with Crippen molar-refractivity contribution >= 4 is 0 Å². The summed E-state index contributed by atoms with van der Waals surface area (Å²) in [7, 11) is 0. The predicted molar refractivity (Wildman–Crippen MR) is 93.3 cm³/mol. The molecule has 0 saturated heterocycles. The minimum Gasteiger partial charge on any atom is -0.412 e. The van der Waals surface area contributed by atoms with Gasteiger partial charge in [-0.05, 0) is 81.0 Å². The van der Waals surface area contributed by atoms with E-state index in [-0.39, 0.29) is 30.6 Å². The molecule has 0 aromatic rings. The maximum Gasteiger partial charge on any atom is 0.131 e. The van der Waals surface area contributed by atoms with Crippen molar-refractivity contribution in [3.05, 3.63) is 0 Å². The summed E-state index contributed by atoms with van der Waals surface area (Å²) >= 11 is 0. The highest BCUT2D eigenvalue weighted by Crippen LogP contribution is 2.46. The average molecular weight is 354 g/mol. The van der Waals surface area contributed by atoms with Crippen molar-refractivity contribution in [2.24, 2.45) is 29.6 Å². The molecule has 0 spiro atoms. The fourth-order valence-corrected chi connectivity index (χ4v) is 5.38. The number of halogens is 3. The highest BCUT2D eigenvalue weighted by Gasteiger charge is 2.42. The van der Waals surface area contributed by atoms with Crippen LogP contribution >= 0.6 is 0 Å². The van der Waals surface area contributed by atoms with E-state index in [1.54, 1.807) is 0 Å². The summed E-state index contributed by atoms with van der Waals surface area (Å²) in [5.41, 5.74) is 0. The van der Waals surface area contributed by atoms with Crippen LogP contribution in [0.2, 0.25) is 0 Å². The molecule has 3 aliphatic rings. The van der Waals surface area contributed by atoms with E-state index in [1.165, 1.54) is 25.7 Å². The van der Waals surface area contributed by atoms with E-state index in [4.69, 9.17) is 0 Å². The molecule has 6 unspecified atom stereocenters. The average Bonchev–Trinajstić information content (AvgIpc) is 2.51. The van der Waals surface area contributed by atoms with Crippen molar-refractivity contribution in [2.45, 2.75) is 89.6 Å². The topological polar surface area (TPSA) is 63.0 Å². The molecule has 3 fully saturated rings. The van der Waals surface area contributed by atoms with Crippen LogP contribution in [0, 0.1) is 29.6 Å². The fraction of sp³-hybridized carbons (Fsp3) is 1.00. The van der Waals surface area contributed by atoms with Crippen LogP contribution in [0.15, 0.2) is 0 Å². The third-order valence-electron chi connectivity index (χ3n) is 6.93. The van der Waals surface area contributed by atoms with E-state index >= 15 is 0 Å². The van der Waals surface area contributed by atoms with Crippen LogP contribution in [0.5, 0.6) is 0 Å². The lowest BCUT2D eigenvalue weighted by molar-refractivity contribution is 0.00676. The maximum absolute atomic E-state index is 14.7. The van der Waals surface area contributed by atoms with Gasteiger partial charge in [-0.1, -0.05) is 19.8 Å². The van der Waals surface area contributed by atoms with E-state index in [2.05, 4.69) is 6.92 Å². The first-order valence-electron chi connectivity index (χ1n) is 9.46. The maximum atomic E-state index is 14.7. The van der Waals surface area contributed by atoms with Gasteiger partial charge in [-0.25, -0.2) is 13.2 Å². The lowest BCUT2D eigenvalue weighted by Crippen LogP contribution is -2.39. The highest BCUT2D eigenvalue weighted by atomic mass is 19.2. The molecule has 0 heterocycles. The van der Waals surface area contributed by atoms with Crippen molar-refractivity contribution in [1.82, 2.24) is 0 Å². The summed E-state index contributed by atoms with van der Waals surface area (Å²) in [4.78, 5) is 0. The Morgan fingerprint density at radius 2 is 1.12 bits per heavy atom. The van der Waals surface area contributed by atoms with Crippen LogP contribution in [0.3, 0.4) is 0 Å².